The molecule has 2 aromatic rings. The van der Waals surface area contributed by atoms with Gasteiger partial charge in [0.05, 0.1) is 18.8 Å². The van der Waals surface area contributed by atoms with Gasteiger partial charge in [-0.3, -0.25) is 4.79 Å². The molecule has 122 valence electrons. The molecule has 0 aliphatic rings. The number of anilines is 2. The van der Waals surface area contributed by atoms with Crippen molar-refractivity contribution >= 4 is 17.5 Å². The van der Waals surface area contributed by atoms with E-state index in [0.717, 1.165) is 5.75 Å². The SMILES string of the molecule is CCOc1ccc(NC(=O)c2cnc(NCCOC)nc2)cc1. The van der Waals surface area contributed by atoms with Crippen molar-refractivity contribution < 1.29 is 14.3 Å². The van der Waals surface area contributed by atoms with E-state index in [4.69, 9.17) is 9.47 Å². The number of rotatable bonds is 8. The predicted molar refractivity (Wildman–Crippen MR) is 88.0 cm³/mol. The lowest BCUT2D eigenvalue weighted by molar-refractivity contribution is 0.102. The van der Waals surface area contributed by atoms with Gasteiger partial charge in [0.2, 0.25) is 5.95 Å². The van der Waals surface area contributed by atoms with E-state index < -0.39 is 0 Å². The van der Waals surface area contributed by atoms with Gasteiger partial charge in [0, 0.05) is 31.7 Å². The third-order valence-electron chi connectivity index (χ3n) is 2.93. The van der Waals surface area contributed by atoms with Crippen molar-refractivity contribution in [3.8, 4) is 5.75 Å². The predicted octanol–water partition coefficient (Wildman–Crippen LogP) is 2.19. The molecule has 0 unspecified atom stereocenters. The number of nitrogens with zero attached hydrogens (tertiary/aromatic N) is 2. The van der Waals surface area contributed by atoms with Crippen LogP contribution in [0.2, 0.25) is 0 Å². The molecular formula is C16H20N4O3. The third kappa shape index (κ3) is 5.23. The van der Waals surface area contributed by atoms with Crippen molar-refractivity contribution in [2.45, 2.75) is 6.92 Å². The zero-order valence-electron chi connectivity index (χ0n) is 13.2. The van der Waals surface area contributed by atoms with Crippen LogP contribution in [0.3, 0.4) is 0 Å². The summed E-state index contributed by atoms with van der Waals surface area (Å²) in [6.07, 6.45) is 2.96. The van der Waals surface area contributed by atoms with Gasteiger partial charge in [-0.25, -0.2) is 9.97 Å². The summed E-state index contributed by atoms with van der Waals surface area (Å²) in [5.41, 5.74) is 1.07. The Labute approximate surface area is 135 Å². The van der Waals surface area contributed by atoms with Crippen LogP contribution in [0, 0.1) is 0 Å². The fourth-order valence-electron chi connectivity index (χ4n) is 1.81. The first kappa shape index (κ1) is 16.7. The Morgan fingerprint density at radius 3 is 2.48 bits per heavy atom. The number of ether oxygens (including phenoxy) is 2. The first-order valence-electron chi connectivity index (χ1n) is 7.32. The van der Waals surface area contributed by atoms with E-state index in [1.54, 1.807) is 31.4 Å². The molecule has 1 aromatic carbocycles. The number of amides is 1. The van der Waals surface area contributed by atoms with Crippen LogP contribution in [-0.4, -0.2) is 42.7 Å². The molecule has 0 radical (unpaired) electrons. The summed E-state index contributed by atoms with van der Waals surface area (Å²) in [4.78, 5) is 20.3. The van der Waals surface area contributed by atoms with E-state index in [1.807, 2.05) is 6.92 Å². The molecule has 7 nitrogen and oxygen atoms in total. The summed E-state index contributed by atoms with van der Waals surface area (Å²) in [7, 11) is 1.62. The van der Waals surface area contributed by atoms with Crippen molar-refractivity contribution in [1.82, 2.24) is 9.97 Å². The van der Waals surface area contributed by atoms with Gasteiger partial charge in [-0.05, 0) is 31.2 Å². The fraction of sp³-hybridized carbons (Fsp3) is 0.312. The van der Waals surface area contributed by atoms with E-state index in [1.165, 1.54) is 12.4 Å². The van der Waals surface area contributed by atoms with E-state index in [0.29, 0.717) is 37.0 Å². The lowest BCUT2D eigenvalue weighted by Gasteiger charge is -2.07. The fourth-order valence-corrected chi connectivity index (χ4v) is 1.81. The smallest absolute Gasteiger partial charge is 0.258 e. The minimum absolute atomic E-state index is 0.266. The van der Waals surface area contributed by atoms with Gasteiger partial charge < -0.3 is 20.1 Å². The molecule has 2 rings (SSSR count). The van der Waals surface area contributed by atoms with Crippen LogP contribution in [0.25, 0.3) is 0 Å². The number of hydrogen-bond acceptors (Lipinski definition) is 6. The summed E-state index contributed by atoms with van der Waals surface area (Å²) >= 11 is 0. The Morgan fingerprint density at radius 1 is 1.17 bits per heavy atom. The summed E-state index contributed by atoms with van der Waals surface area (Å²) in [6.45, 7) is 3.69. The van der Waals surface area contributed by atoms with Crippen LogP contribution in [-0.2, 0) is 4.74 Å². The second-order valence-corrected chi connectivity index (χ2v) is 4.63. The second kappa shape index (κ2) is 8.70. The number of aromatic nitrogens is 2. The number of carbonyl (C=O) groups is 1. The summed E-state index contributed by atoms with van der Waals surface area (Å²) in [5, 5.41) is 5.77. The summed E-state index contributed by atoms with van der Waals surface area (Å²) in [5.74, 6) is 0.956. The number of carbonyl (C=O) groups excluding carboxylic acids is 1. The maximum atomic E-state index is 12.1. The Balaban J connectivity index is 1.92. The van der Waals surface area contributed by atoms with Crippen molar-refractivity contribution in [2.24, 2.45) is 0 Å². The molecule has 0 atom stereocenters. The van der Waals surface area contributed by atoms with Gasteiger partial charge in [0.25, 0.3) is 5.91 Å². The highest BCUT2D eigenvalue weighted by Crippen LogP contribution is 2.16. The first-order chi connectivity index (χ1) is 11.2. The molecule has 0 saturated heterocycles. The van der Waals surface area contributed by atoms with E-state index >= 15 is 0 Å². The maximum absolute atomic E-state index is 12.1. The molecular weight excluding hydrogens is 296 g/mol. The van der Waals surface area contributed by atoms with Gasteiger partial charge in [0.1, 0.15) is 5.75 Å². The third-order valence-corrected chi connectivity index (χ3v) is 2.93. The highest BCUT2D eigenvalue weighted by atomic mass is 16.5. The van der Waals surface area contributed by atoms with Crippen molar-refractivity contribution in [1.29, 1.82) is 0 Å². The normalized spacial score (nSPS) is 10.2. The topological polar surface area (TPSA) is 85.4 Å². The molecule has 1 amide bonds. The minimum atomic E-state index is -0.266. The average molecular weight is 316 g/mol. The Hall–Kier alpha value is -2.67. The lowest BCUT2D eigenvalue weighted by atomic mass is 10.2. The number of benzene rings is 1. The molecule has 0 aliphatic carbocycles. The zero-order chi connectivity index (χ0) is 16.5. The number of nitrogens with one attached hydrogen (secondary N) is 2. The molecule has 1 heterocycles. The molecule has 0 fully saturated rings. The van der Waals surface area contributed by atoms with Crippen molar-refractivity contribution in [2.75, 3.05) is 37.5 Å². The molecule has 23 heavy (non-hydrogen) atoms. The van der Waals surface area contributed by atoms with E-state index in [9.17, 15) is 4.79 Å². The van der Waals surface area contributed by atoms with Gasteiger partial charge in [-0.2, -0.15) is 0 Å². The van der Waals surface area contributed by atoms with Crippen LogP contribution in [0.4, 0.5) is 11.6 Å². The molecule has 1 aromatic heterocycles. The zero-order valence-corrected chi connectivity index (χ0v) is 13.2. The van der Waals surface area contributed by atoms with Gasteiger partial charge in [-0.15, -0.1) is 0 Å². The van der Waals surface area contributed by atoms with Gasteiger partial charge >= 0.3 is 0 Å². The average Bonchev–Trinajstić information content (AvgIpc) is 2.58. The first-order valence-corrected chi connectivity index (χ1v) is 7.32. The monoisotopic (exact) mass is 316 g/mol. The molecule has 0 spiro atoms. The molecule has 7 heteroatoms. The molecule has 0 saturated carbocycles. The number of hydrogen-bond donors (Lipinski definition) is 2. The van der Waals surface area contributed by atoms with Crippen molar-refractivity contribution in [3.05, 3.63) is 42.2 Å². The highest BCUT2D eigenvalue weighted by Gasteiger charge is 2.08. The Bertz CT molecular complexity index is 614. The second-order valence-electron chi connectivity index (χ2n) is 4.63. The van der Waals surface area contributed by atoms with Crippen LogP contribution in [0.15, 0.2) is 36.7 Å². The Kier molecular flexibility index (Phi) is 6.31. The highest BCUT2D eigenvalue weighted by molar-refractivity contribution is 6.03. The van der Waals surface area contributed by atoms with Crippen LogP contribution in [0.1, 0.15) is 17.3 Å². The molecule has 0 aliphatic heterocycles. The lowest BCUT2D eigenvalue weighted by Crippen LogP contribution is -2.14. The minimum Gasteiger partial charge on any atom is -0.494 e. The molecule has 2 N–H and O–H groups in total. The number of methoxy groups -OCH3 is 1. The summed E-state index contributed by atoms with van der Waals surface area (Å²) in [6, 6.07) is 7.17. The van der Waals surface area contributed by atoms with Gasteiger partial charge in [-0.1, -0.05) is 0 Å². The van der Waals surface area contributed by atoms with Crippen LogP contribution in [0.5, 0.6) is 5.75 Å². The summed E-state index contributed by atoms with van der Waals surface area (Å²) < 4.78 is 10.3. The Morgan fingerprint density at radius 2 is 1.87 bits per heavy atom. The van der Waals surface area contributed by atoms with Gasteiger partial charge in [0.15, 0.2) is 0 Å². The van der Waals surface area contributed by atoms with Crippen LogP contribution < -0.4 is 15.4 Å². The van der Waals surface area contributed by atoms with E-state index in [2.05, 4.69) is 20.6 Å². The quantitative estimate of drug-likeness (QED) is 0.726. The molecule has 0 bridgehead atoms. The van der Waals surface area contributed by atoms with E-state index in [-0.39, 0.29) is 5.91 Å². The maximum Gasteiger partial charge on any atom is 0.258 e. The van der Waals surface area contributed by atoms with Crippen molar-refractivity contribution in [3.63, 3.8) is 0 Å². The standard InChI is InChI=1S/C16H20N4O3/c1-3-23-14-6-4-13(5-7-14)20-15(21)12-10-18-16(19-11-12)17-8-9-22-2/h4-7,10-11H,3,8-9H2,1-2H3,(H,20,21)(H,17,18,19). The largest absolute Gasteiger partial charge is 0.494 e. The van der Waals surface area contributed by atoms with Crippen LogP contribution >= 0.6 is 0 Å².